The Hall–Kier alpha value is -2.15. The van der Waals surface area contributed by atoms with Crippen LogP contribution in [-0.4, -0.2) is 30.6 Å². The van der Waals surface area contributed by atoms with Gasteiger partial charge in [-0.25, -0.2) is 4.98 Å². The van der Waals surface area contributed by atoms with Crippen LogP contribution in [0.5, 0.6) is 5.75 Å². The fourth-order valence-corrected chi connectivity index (χ4v) is 2.72. The van der Waals surface area contributed by atoms with E-state index in [1.807, 2.05) is 18.2 Å². The number of carbonyl (C=O) groups is 2. The minimum atomic E-state index is -0.380. The molecule has 0 aliphatic heterocycles. The minimum absolute atomic E-state index is 0.00674. The molecule has 21 heavy (non-hydrogen) atoms. The van der Waals surface area contributed by atoms with Crippen LogP contribution in [0, 0.1) is 5.92 Å². The Morgan fingerprint density at radius 1 is 1.43 bits per heavy atom. The maximum Gasteiger partial charge on any atom is 0.309 e. The van der Waals surface area contributed by atoms with Gasteiger partial charge in [0, 0.05) is 0 Å². The first-order valence-electron chi connectivity index (χ1n) is 6.57. The lowest BCUT2D eigenvalue weighted by molar-refractivity contribution is -0.148. The van der Waals surface area contributed by atoms with Crippen molar-refractivity contribution in [3.8, 4) is 5.75 Å². The van der Waals surface area contributed by atoms with Crippen LogP contribution in [0.3, 0.4) is 0 Å². The number of amides is 1. The number of methoxy groups -OCH3 is 1. The number of benzene rings is 1. The summed E-state index contributed by atoms with van der Waals surface area (Å²) in [6.45, 7) is -0.269. The van der Waals surface area contributed by atoms with Gasteiger partial charge in [0.15, 0.2) is 11.7 Å². The van der Waals surface area contributed by atoms with Crippen LogP contribution in [0.2, 0.25) is 0 Å². The normalized spacial score (nSPS) is 14.0. The maximum atomic E-state index is 11.7. The minimum Gasteiger partial charge on any atom is -0.497 e. The average Bonchev–Trinajstić information content (AvgIpc) is 3.25. The number of fused-ring (bicyclic) bond motifs is 1. The Morgan fingerprint density at radius 3 is 2.95 bits per heavy atom. The topological polar surface area (TPSA) is 77.5 Å². The van der Waals surface area contributed by atoms with Gasteiger partial charge in [0.1, 0.15) is 5.75 Å². The molecule has 7 heteroatoms. The lowest BCUT2D eigenvalue weighted by Crippen LogP contribution is -2.21. The highest BCUT2D eigenvalue weighted by Gasteiger charge is 2.31. The molecule has 0 unspecified atom stereocenters. The summed E-state index contributed by atoms with van der Waals surface area (Å²) >= 11 is 1.34. The van der Waals surface area contributed by atoms with Crippen molar-refractivity contribution in [3.05, 3.63) is 18.2 Å². The molecule has 1 N–H and O–H groups in total. The number of hydrogen-bond acceptors (Lipinski definition) is 6. The lowest BCUT2D eigenvalue weighted by atomic mass is 10.3. The van der Waals surface area contributed by atoms with Crippen LogP contribution in [0.25, 0.3) is 10.2 Å². The molecule has 1 fully saturated rings. The molecule has 110 valence electrons. The van der Waals surface area contributed by atoms with E-state index in [9.17, 15) is 9.59 Å². The fourth-order valence-electron chi connectivity index (χ4n) is 1.81. The first-order chi connectivity index (χ1) is 10.2. The summed E-state index contributed by atoms with van der Waals surface area (Å²) < 4.78 is 11.0. The summed E-state index contributed by atoms with van der Waals surface area (Å²) in [6, 6.07) is 5.49. The molecule has 1 aromatic heterocycles. The van der Waals surface area contributed by atoms with Crippen LogP contribution in [0.4, 0.5) is 5.13 Å². The monoisotopic (exact) mass is 306 g/mol. The van der Waals surface area contributed by atoms with Gasteiger partial charge in [-0.3, -0.25) is 14.9 Å². The molecule has 6 nitrogen and oxygen atoms in total. The number of nitrogens with one attached hydrogen (secondary N) is 1. The van der Waals surface area contributed by atoms with Crippen molar-refractivity contribution in [1.82, 2.24) is 4.98 Å². The molecule has 1 aliphatic carbocycles. The molecular weight excluding hydrogens is 292 g/mol. The third-order valence-corrected chi connectivity index (χ3v) is 4.03. The second-order valence-corrected chi connectivity index (χ2v) is 5.81. The number of thiazole rings is 1. The Morgan fingerprint density at radius 2 is 2.24 bits per heavy atom. The third-order valence-electron chi connectivity index (χ3n) is 3.10. The number of rotatable bonds is 5. The molecule has 0 atom stereocenters. The first-order valence-corrected chi connectivity index (χ1v) is 7.38. The van der Waals surface area contributed by atoms with Crippen LogP contribution in [0.1, 0.15) is 12.8 Å². The van der Waals surface area contributed by atoms with Gasteiger partial charge in [-0.15, -0.1) is 0 Å². The van der Waals surface area contributed by atoms with Gasteiger partial charge in [0.25, 0.3) is 5.91 Å². The van der Waals surface area contributed by atoms with Gasteiger partial charge in [0.05, 0.1) is 23.2 Å². The first kappa shape index (κ1) is 13.8. The van der Waals surface area contributed by atoms with E-state index in [0.717, 1.165) is 28.8 Å². The molecule has 2 aromatic rings. The number of hydrogen-bond donors (Lipinski definition) is 1. The van der Waals surface area contributed by atoms with Gasteiger partial charge >= 0.3 is 5.97 Å². The zero-order valence-electron chi connectivity index (χ0n) is 11.4. The molecule has 0 spiro atoms. The zero-order valence-corrected chi connectivity index (χ0v) is 12.2. The number of ether oxygens (including phenoxy) is 2. The van der Waals surface area contributed by atoms with Crippen molar-refractivity contribution in [2.75, 3.05) is 19.0 Å². The predicted octanol–water partition coefficient (Wildman–Crippen LogP) is 2.20. The lowest BCUT2D eigenvalue weighted by Gasteiger charge is -2.03. The Kier molecular flexibility index (Phi) is 3.74. The Balaban J connectivity index is 1.61. The molecule has 1 saturated carbocycles. The maximum absolute atomic E-state index is 11.7. The number of esters is 1. The molecule has 0 radical (unpaired) electrons. The predicted molar refractivity (Wildman–Crippen MR) is 78.5 cm³/mol. The van der Waals surface area contributed by atoms with Gasteiger partial charge < -0.3 is 9.47 Å². The molecule has 1 aliphatic rings. The largest absolute Gasteiger partial charge is 0.497 e. The molecular formula is C14H14N2O4S. The number of nitrogens with zero attached hydrogens (tertiary/aromatic N) is 1. The molecule has 3 rings (SSSR count). The SMILES string of the molecule is COc1ccc2nc(NC(=O)COC(=O)C3CC3)sc2c1. The second kappa shape index (κ2) is 5.69. The van der Waals surface area contributed by atoms with Crippen LogP contribution < -0.4 is 10.1 Å². The Labute approximate surface area is 125 Å². The van der Waals surface area contributed by atoms with Gasteiger partial charge in [-0.1, -0.05) is 11.3 Å². The third kappa shape index (κ3) is 3.30. The molecule has 1 heterocycles. The summed E-state index contributed by atoms with van der Waals surface area (Å²) in [5, 5.41) is 3.11. The summed E-state index contributed by atoms with van der Waals surface area (Å²) in [7, 11) is 1.60. The van der Waals surface area contributed by atoms with Gasteiger partial charge in [-0.2, -0.15) is 0 Å². The van der Waals surface area contributed by atoms with Gasteiger partial charge in [0.2, 0.25) is 0 Å². The fraction of sp³-hybridized carbons (Fsp3) is 0.357. The molecule has 1 aromatic carbocycles. The summed E-state index contributed by atoms with van der Waals surface area (Å²) in [5.41, 5.74) is 0.783. The van der Waals surface area contributed by atoms with Crippen LogP contribution in [0.15, 0.2) is 18.2 Å². The van der Waals surface area contributed by atoms with Crippen LogP contribution in [-0.2, 0) is 14.3 Å². The van der Waals surface area contributed by atoms with E-state index in [0.29, 0.717) is 5.13 Å². The summed E-state index contributed by atoms with van der Waals surface area (Å²) in [6.07, 6.45) is 1.72. The van der Waals surface area contributed by atoms with Crippen molar-refractivity contribution >= 4 is 38.6 Å². The standard InChI is InChI=1S/C14H14N2O4S/c1-19-9-4-5-10-11(6-9)21-14(15-10)16-12(17)7-20-13(18)8-2-3-8/h4-6,8H,2-3,7H2,1H3,(H,15,16,17). The van der Waals surface area contributed by atoms with Crippen LogP contribution >= 0.6 is 11.3 Å². The van der Waals surface area contributed by atoms with Gasteiger partial charge in [-0.05, 0) is 31.0 Å². The summed E-state index contributed by atoms with van der Waals surface area (Å²) in [4.78, 5) is 27.4. The zero-order chi connectivity index (χ0) is 14.8. The van der Waals surface area contributed by atoms with E-state index < -0.39 is 0 Å². The highest BCUT2D eigenvalue weighted by molar-refractivity contribution is 7.22. The molecule has 0 saturated heterocycles. The number of aromatic nitrogens is 1. The Bertz CT molecular complexity index is 693. The van der Waals surface area contributed by atoms with Crippen molar-refractivity contribution in [2.24, 2.45) is 5.92 Å². The van der Waals surface area contributed by atoms with E-state index in [2.05, 4.69) is 10.3 Å². The van der Waals surface area contributed by atoms with E-state index in [4.69, 9.17) is 9.47 Å². The van der Waals surface area contributed by atoms with Crippen molar-refractivity contribution in [1.29, 1.82) is 0 Å². The van der Waals surface area contributed by atoms with E-state index in [1.165, 1.54) is 11.3 Å². The van der Waals surface area contributed by atoms with Crippen molar-refractivity contribution < 1.29 is 19.1 Å². The van der Waals surface area contributed by atoms with Crippen molar-refractivity contribution in [3.63, 3.8) is 0 Å². The quantitative estimate of drug-likeness (QED) is 0.857. The number of carbonyl (C=O) groups excluding carboxylic acids is 2. The van der Waals surface area contributed by atoms with E-state index in [-0.39, 0.29) is 24.4 Å². The highest BCUT2D eigenvalue weighted by atomic mass is 32.1. The molecule has 1 amide bonds. The van der Waals surface area contributed by atoms with E-state index in [1.54, 1.807) is 7.11 Å². The second-order valence-electron chi connectivity index (χ2n) is 4.78. The average molecular weight is 306 g/mol. The number of anilines is 1. The molecule has 0 bridgehead atoms. The summed E-state index contributed by atoms with van der Waals surface area (Å²) in [5.74, 6) is 0.0595. The van der Waals surface area contributed by atoms with Crippen molar-refractivity contribution in [2.45, 2.75) is 12.8 Å². The smallest absolute Gasteiger partial charge is 0.309 e. The van der Waals surface area contributed by atoms with E-state index >= 15 is 0 Å². The highest BCUT2D eigenvalue weighted by Crippen LogP contribution is 2.30.